The lowest BCUT2D eigenvalue weighted by Crippen LogP contribution is -2.45. The third kappa shape index (κ3) is 4.54. The molecule has 1 aliphatic heterocycles. The normalized spacial score (nSPS) is 16.4. The van der Waals surface area contributed by atoms with Crippen LogP contribution in [-0.2, 0) is 0 Å². The maximum absolute atomic E-state index is 6.69. The molecule has 0 saturated heterocycles. The maximum Gasteiger partial charge on any atom is 0.143 e. The quantitative estimate of drug-likeness (QED) is 0.195. The molecule has 2 N–H and O–H groups in total. The third-order valence-corrected chi connectivity index (χ3v) is 11.3. The summed E-state index contributed by atoms with van der Waals surface area (Å²) in [4.78, 5) is 5.23. The van der Waals surface area contributed by atoms with Gasteiger partial charge < -0.3 is 14.2 Å². The lowest BCUT2D eigenvalue weighted by molar-refractivity contribution is 0.408. The van der Waals surface area contributed by atoms with E-state index in [1.807, 2.05) is 29.5 Å². The minimum atomic E-state index is -0.256. The minimum Gasteiger partial charge on any atom is -0.456 e. The zero-order valence-corrected chi connectivity index (χ0v) is 28.1. The highest BCUT2D eigenvalue weighted by Gasteiger charge is 2.28. The average Bonchev–Trinajstić information content (AvgIpc) is 3.88. The first kappa shape index (κ1) is 28.6. The number of rotatable bonds is 4. The van der Waals surface area contributed by atoms with Crippen LogP contribution < -0.4 is 10.6 Å². The van der Waals surface area contributed by atoms with Gasteiger partial charge in [-0.1, -0.05) is 121 Å². The fourth-order valence-electron chi connectivity index (χ4n) is 7.73. The molecule has 4 heterocycles. The number of furan rings is 2. The fraction of sp³-hybridized carbons (Fsp3) is 0.0444. The van der Waals surface area contributed by atoms with Crippen molar-refractivity contribution in [2.45, 2.75) is 12.3 Å². The van der Waals surface area contributed by atoms with E-state index >= 15 is 0 Å². The number of hydrogen-bond donors (Lipinski definition) is 2. The molecule has 242 valence electrons. The summed E-state index contributed by atoms with van der Waals surface area (Å²) in [6.45, 7) is 0. The molecule has 0 bridgehead atoms. The largest absolute Gasteiger partial charge is 0.456 e. The number of nitrogens with zero attached hydrogens (tertiary/aromatic N) is 1. The highest BCUT2D eigenvalue weighted by atomic mass is 32.1. The number of nitrogens with one attached hydrogen (secondary N) is 2. The predicted octanol–water partition coefficient (Wildman–Crippen LogP) is 11.9. The van der Waals surface area contributed by atoms with Gasteiger partial charge in [0.05, 0.1) is 0 Å². The van der Waals surface area contributed by atoms with E-state index in [1.54, 1.807) is 0 Å². The van der Waals surface area contributed by atoms with Crippen molar-refractivity contribution in [2.75, 3.05) is 0 Å². The molecule has 2 atom stereocenters. The molecular weight excluding hydrogens is 647 g/mol. The van der Waals surface area contributed by atoms with E-state index in [1.165, 1.54) is 20.2 Å². The van der Waals surface area contributed by atoms with E-state index < -0.39 is 0 Å². The Morgan fingerprint density at radius 2 is 1.22 bits per heavy atom. The molecule has 0 aliphatic carbocycles. The number of thiophene rings is 1. The molecule has 1 aliphatic rings. The molecule has 0 amide bonds. The van der Waals surface area contributed by atoms with E-state index in [0.29, 0.717) is 0 Å². The zero-order chi connectivity index (χ0) is 33.5. The van der Waals surface area contributed by atoms with Crippen molar-refractivity contribution in [3.8, 4) is 11.1 Å². The van der Waals surface area contributed by atoms with Gasteiger partial charge in [-0.05, 0) is 41.5 Å². The van der Waals surface area contributed by atoms with Crippen molar-refractivity contribution >= 4 is 81.2 Å². The summed E-state index contributed by atoms with van der Waals surface area (Å²) in [7, 11) is 0. The lowest BCUT2D eigenvalue weighted by Gasteiger charge is -2.32. The molecule has 0 spiro atoms. The Bertz CT molecular complexity index is 3010. The Hall–Kier alpha value is -6.21. The van der Waals surface area contributed by atoms with Gasteiger partial charge in [-0.2, -0.15) is 0 Å². The van der Waals surface area contributed by atoms with Crippen LogP contribution in [0.3, 0.4) is 0 Å². The monoisotopic (exact) mass is 675 g/mol. The van der Waals surface area contributed by atoms with Crippen molar-refractivity contribution in [1.82, 2.24) is 10.6 Å². The van der Waals surface area contributed by atoms with Gasteiger partial charge in [0, 0.05) is 58.4 Å². The van der Waals surface area contributed by atoms with E-state index in [0.717, 1.165) is 77.5 Å². The lowest BCUT2D eigenvalue weighted by atomic mass is 9.99. The second kappa shape index (κ2) is 11.2. The van der Waals surface area contributed by atoms with Gasteiger partial charge in [0.15, 0.2) is 0 Å². The Kier molecular flexibility index (Phi) is 6.26. The van der Waals surface area contributed by atoms with Gasteiger partial charge in [-0.15, -0.1) is 11.3 Å². The molecule has 11 rings (SSSR count). The van der Waals surface area contributed by atoms with Gasteiger partial charge in [0.25, 0.3) is 0 Å². The van der Waals surface area contributed by atoms with E-state index in [4.69, 9.17) is 13.8 Å². The highest BCUT2D eigenvalue weighted by Crippen LogP contribution is 2.40. The number of amidine groups is 1. The van der Waals surface area contributed by atoms with E-state index in [9.17, 15) is 0 Å². The fourth-order valence-corrected chi connectivity index (χ4v) is 8.88. The summed E-state index contributed by atoms with van der Waals surface area (Å²) in [5.41, 5.74) is 8.83. The van der Waals surface area contributed by atoms with Crippen LogP contribution in [0.1, 0.15) is 29.0 Å². The smallest absolute Gasteiger partial charge is 0.143 e. The van der Waals surface area contributed by atoms with Gasteiger partial charge in [-0.25, -0.2) is 4.99 Å². The summed E-state index contributed by atoms with van der Waals surface area (Å²) in [5.74, 6) is 0.848. The number of benzene rings is 7. The first-order chi connectivity index (χ1) is 25.2. The molecule has 7 aromatic carbocycles. The van der Waals surface area contributed by atoms with Gasteiger partial charge in [-0.3, -0.25) is 5.32 Å². The van der Waals surface area contributed by atoms with Crippen LogP contribution in [0.15, 0.2) is 165 Å². The zero-order valence-electron chi connectivity index (χ0n) is 27.3. The van der Waals surface area contributed by atoms with Gasteiger partial charge in [0.1, 0.15) is 40.5 Å². The van der Waals surface area contributed by atoms with Crippen molar-refractivity contribution < 1.29 is 8.83 Å². The minimum absolute atomic E-state index is 0.249. The molecule has 0 fully saturated rings. The molecule has 51 heavy (non-hydrogen) atoms. The molecule has 0 radical (unpaired) electrons. The number of hydrogen-bond acceptors (Lipinski definition) is 6. The van der Waals surface area contributed by atoms with Gasteiger partial charge >= 0.3 is 0 Å². The summed E-state index contributed by atoms with van der Waals surface area (Å²) in [6.07, 6.45) is -0.505. The topological polar surface area (TPSA) is 62.7 Å². The average molecular weight is 676 g/mol. The molecule has 3 aromatic heterocycles. The first-order valence-electron chi connectivity index (χ1n) is 17.2. The van der Waals surface area contributed by atoms with E-state index in [-0.39, 0.29) is 12.3 Å². The highest BCUT2D eigenvalue weighted by molar-refractivity contribution is 7.25. The molecule has 10 aromatic rings. The van der Waals surface area contributed by atoms with Crippen molar-refractivity contribution in [3.05, 3.63) is 168 Å². The number of fused-ring (bicyclic) bond motifs is 9. The Morgan fingerprint density at radius 1 is 0.510 bits per heavy atom. The van der Waals surface area contributed by atoms with Crippen LogP contribution in [0.25, 0.3) is 75.2 Å². The first-order valence-corrected chi connectivity index (χ1v) is 18.0. The number of para-hydroxylation sites is 3. The molecule has 5 nitrogen and oxygen atoms in total. The van der Waals surface area contributed by atoms with Crippen molar-refractivity contribution in [3.63, 3.8) is 0 Å². The van der Waals surface area contributed by atoms with Crippen LogP contribution in [0.4, 0.5) is 0 Å². The van der Waals surface area contributed by atoms with Crippen molar-refractivity contribution in [2.24, 2.45) is 4.99 Å². The SMILES string of the molecule is c1ccc(C2N=C(c3ccc4c(c3)sc3ccccc34)NC(c3cccc4c3oc3ccc(-c5cccc6c5oc5ccccc56)cc34)N2)cc1. The van der Waals surface area contributed by atoms with E-state index in [2.05, 4.69) is 144 Å². The summed E-state index contributed by atoms with van der Waals surface area (Å²) in [5, 5.41) is 14.5. The Morgan fingerprint density at radius 3 is 2.14 bits per heavy atom. The predicted molar refractivity (Wildman–Crippen MR) is 210 cm³/mol. The van der Waals surface area contributed by atoms with Crippen LogP contribution in [0, 0.1) is 0 Å². The maximum atomic E-state index is 6.69. The second-order valence-corrected chi connectivity index (χ2v) is 14.2. The second-order valence-electron chi connectivity index (χ2n) is 13.2. The Labute approximate surface area is 296 Å². The number of aliphatic imine (C=N–C) groups is 1. The van der Waals surface area contributed by atoms with Crippen molar-refractivity contribution in [1.29, 1.82) is 0 Å². The standard InChI is InChI=1S/C45H29N3O2S/c1-2-10-26(11-3-1)43-46-44(28-20-22-32-31-13-5-7-19-39(31)51-40(32)25-28)48-45(47-43)35-17-9-16-34-36-24-27(21-23-38(36)50-42(34)35)29-14-8-15-33-30-12-4-6-18-37(30)49-41(29)33/h1-25,43,45,47H,(H,46,48). The molecule has 0 saturated carbocycles. The van der Waals surface area contributed by atoms with Crippen LogP contribution >= 0.6 is 11.3 Å². The summed E-state index contributed by atoms with van der Waals surface area (Å²) >= 11 is 1.82. The third-order valence-electron chi connectivity index (χ3n) is 10.2. The molecule has 6 heteroatoms. The molecule has 2 unspecified atom stereocenters. The van der Waals surface area contributed by atoms with Gasteiger partial charge in [0.2, 0.25) is 0 Å². The van der Waals surface area contributed by atoms with Crippen LogP contribution in [0.2, 0.25) is 0 Å². The van der Waals surface area contributed by atoms with Crippen LogP contribution in [-0.4, -0.2) is 5.84 Å². The van der Waals surface area contributed by atoms with Crippen LogP contribution in [0.5, 0.6) is 0 Å². The molecular formula is C45H29N3O2S. The Balaban J connectivity index is 1.02. The summed E-state index contributed by atoms with van der Waals surface area (Å²) in [6, 6.07) is 53.2. The summed E-state index contributed by atoms with van der Waals surface area (Å²) < 4.78 is 15.6.